The van der Waals surface area contributed by atoms with Gasteiger partial charge < -0.3 is 10.5 Å². The lowest BCUT2D eigenvalue weighted by Crippen LogP contribution is -2.28. The van der Waals surface area contributed by atoms with Crippen LogP contribution in [0.2, 0.25) is 5.02 Å². The van der Waals surface area contributed by atoms with Gasteiger partial charge in [0.15, 0.2) is 0 Å². The fraction of sp³-hybridized carbons (Fsp3) is 0.600. The molecule has 0 radical (unpaired) electrons. The summed E-state index contributed by atoms with van der Waals surface area (Å²) >= 11 is 6.13. The van der Waals surface area contributed by atoms with Crippen molar-refractivity contribution in [2.75, 3.05) is 0 Å². The molecule has 2 N–H and O–H groups in total. The molecule has 0 unspecified atom stereocenters. The third kappa shape index (κ3) is 3.18. The quantitative estimate of drug-likeness (QED) is 0.893. The number of benzene rings is 1. The highest BCUT2D eigenvalue weighted by atomic mass is 35.5. The summed E-state index contributed by atoms with van der Waals surface area (Å²) in [4.78, 5) is 0. The molecule has 0 amide bonds. The zero-order chi connectivity index (χ0) is 13.2. The second-order valence-corrected chi connectivity index (χ2v) is 6.31. The second kappa shape index (κ2) is 5.50. The molecular formula is C15H22ClNO. The molecule has 1 saturated carbocycles. The molecule has 1 aromatic rings. The summed E-state index contributed by atoms with van der Waals surface area (Å²) in [5.41, 5.74) is 7.12. The first-order valence-corrected chi connectivity index (χ1v) is 7.04. The third-order valence-corrected chi connectivity index (χ3v) is 4.21. The highest BCUT2D eigenvalue weighted by Gasteiger charge is 2.28. The van der Waals surface area contributed by atoms with Crippen molar-refractivity contribution in [3.05, 3.63) is 28.8 Å². The van der Waals surface area contributed by atoms with Crippen LogP contribution in [-0.4, -0.2) is 6.10 Å². The summed E-state index contributed by atoms with van der Waals surface area (Å²) in [5, 5.41) is 0.700. The molecule has 2 nitrogen and oxygen atoms in total. The highest BCUT2D eigenvalue weighted by molar-refractivity contribution is 6.31. The predicted molar refractivity (Wildman–Crippen MR) is 76.0 cm³/mol. The number of halogens is 1. The van der Waals surface area contributed by atoms with E-state index in [-0.39, 0.29) is 0 Å². The fourth-order valence-corrected chi connectivity index (χ4v) is 2.76. The summed E-state index contributed by atoms with van der Waals surface area (Å²) < 4.78 is 6.09. The van der Waals surface area contributed by atoms with Gasteiger partial charge in [0.1, 0.15) is 5.75 Å². The van der Waals surface area contributed by atoms with Gasteiger partial charge in [-0.15, -0.1) is 0 Å². The number of ether oxygens (including phenoxy) is 1. The van der Waals surface area contributed by atoms with E-state index in [2.05, 4.69) is 13.8 Å². The Morgan fingerprint density at radius 2 is 2.00 bits per heavy atom. The second-order valence-electron chi connectivity index (χ2n) is 5.90. The minimum atomic E-state index is 0.307. The molecule has 1 fully saturated rings. The van der Waals surface area contributed by atoms with Crippen molar-refractivity contribution in [2.45, 2.75) is 52.2 Å². The highest BCUT2D eigenvalue weighted by Crippen LogP contribution is 2.37. The van der Waals surface area contributed by atoms with Gasteiger partial charge in [-0.3, -0.25) is 0 Å². The number of rotatable bonds is 3. The van der Waals surface area contributed by atoms with E-state index in [1.807, 2.05) is 18.2 Å². The molecule has 1 aliphatic carbocycles. The van der Waals surface area contributed by atoms with Gasteiger partial charge in [-0.2, -0.15) is 0 Å². The first-order chi connectivity index (χ1) is 8.52. The van der Waals surface area contributed by atoms with Gasteiger partial charge in [-0.1, -0.05) is 31.5 Å². The van der Waals surface area contributed by atoms with Crippen LogP contribution in [0, 0.1) is 5.41 Å². The number of hydrogen-bond acceptors (Lipinski definition) is 2. The van der Waals surface area contributed by atoms with Crippen LogP contribution in [0.1, 0.15) is 45.1 Å². The molecule has 100 valence electrons. The molecule has 0 heterocycles. The molecular weight excluding hydrogens is 246 g/mol. The first kappa shape index (κ1) is 13.7. The zero-order valence-electron chi connectivity index (χ0n) is 11.2. The standard InChI is InChI=1S/C15H22ClNO/c1-15(2)8-6-11(7-9-15)18-14-5-3-4-13(16)12(14)10-17/h3-5,11H,6-10,17H2,1-2H3. The SMILES string of the molecule is CC1(C)CCC(Oc2cccc(Cl)c2CN)CC1. The Hall–Kier alpha value is -0.730. The first-order valence-electron chi connectivity index (χ1n) is 6.66. The van der Waals surface area contributed by atoms with Crippen LogP contribution in [-0.2, 0) is 6.54 Å². The van der Waals surface area contributed by atoms with Crippen LogP contribution in [0.5, 0.6) is 5.75 Å². The van der Waals surface area contributed by atoms with Gasteiger partial charge in [0, 0.05) is 17.1 Å². The Morgan fingerprint density at radius 3 is 2.61 bits per heavy atom. The molecule has 0 atom stereocenters. The van der Waals surface area contributed by atoms with Gasteiger partial charge in [0.05, 0.1) is 6.10 Å². The van der Waals surface area contributed by atoms with Gasteiger partial charge in [0.2, 0.25) is 0 Å². The van der Waals surface area contributed by atoms with E-state index < -0.39 is 0 Å². The van der Waals surface area contributed by atoms with Crippen LogP contribution < -0.4 is 10.5 Å². The van der Waals surface area contributed by atoms with E-state index in [0.29, 0.717) is 23.1 Å². The van der Waals surface area contributed by atoms with Gasteiger partial charge >= 0.3 is 0 Å². The van der Waals surface area contributed by atoms with Crippen LogP contribution >= 0.6 is 11.6 Å². The Labute approximate surface area is 114 Å². The maximum absolute atomic E-state index is 6.13. The third-order valence-electron chi connectivity index (χ3n) is 3.86. The molecule has 2 rings (SSSR count). The molecule has 1 aliphatic rings. The largest absolute Gasteiger partial charge is 0.490 e. The van der Waals surface area contributed by atoms with Gasteiger partial charge in [-0.25, -0.2) is 0 Å². The number of hydrogen-bond donors (Lipinski definition) is 1. The average Bonchev–Trinajstić information content (AvgIpc) is 2.32. The van der Waals surface area contributed by atoms with Crippen molar-refractivity contribution < 1.29 is 4.74 Å². The summed E-state index contributed by atoms with van der Waals surface area (Å²) in [7, 11) is 0. The van der Waals surface area contributed by atoms with Crippen molar-refractivity contribution in [3.8, 4) is 5.75 Å². The van der Waals surface area contributed by atoms with Crippen LogP contribution in [0.15, 0.2) is 18.2 Å². The molecule has 0 spiro atoms. The Morgan fingerprint density at radius 1 is 1.33 bits per heavy atom. The summed E-state index contributed by atoms with van der Waals surface area (Å²) in [6.07, 6.45) is 4.97. The molecule has 1 aromatic carbocycles. The Bertz CT molecular complexity index is 407. The molecule has 0 saturated heterocycles. The van der Waals surface area contributed by atoms with Crippen LogP contribution in [0.4, 0.5) is 0 Å². The molecule has 18 heavy (non-hydrogen) atoms. The van der Waals surface area contributed by atoms with Gasteiger partial charge in [-0.05, 0) is 43.2 Å². The minimum absolute atomic E-state index is 0.307. The Balaban J connectivity index is 2.04. The van der Waals surface area contributed by atoms with E-state index in [1.165, 1.54) is 12.8 Å². The lowest BCUT2D eigenvalue weighted by molar-refractivity contribution is 0.0979. The van der Waals surface area contributed by atoms with Crippen molar-refractivity contribution in [1.82, 2.24) is 0 Å². The van der Waals surface area contributed by atoms with Crippen LogP contribution in [0.25, 0.3) is 0 Å². The maximum Gasteiger partial charge on any atom is 0.125 e. The zero-order valence-corrected chi connectivity index (χ0v) is 12.0. The molecule has 0 aliphatic heterocycles. The van der Waals surface area contributed by atoms with Crippen LogP contribution in [0.3, 0.4) is 0 Å². The van der Waals surface area contributed by atoms with Crippen molar-refractivity contribution in [1.29, 1.82) is 0 Å². The van der Waals surface area contributed by atoms with E-state index in [1.54, 1.807) is 0 Å². The summed E-state index contributed by atoms with van der Waals surface area (Å²) in [5.74, 6) is 0.856. The lowest BCUT2D eigenvalue weighted by Gasteiger charge is -2.34. The smallest absolute Gasteiger partial charge is 0.125 e. The topological polar surface area (TPSA) is 35.2 Å². The summed E-state index contributed by atoms with van der Waals surface area (Å²) in [6.45, 7) is 5.08. The number of nitrogens with two attached hydrogens (primary N) is 1. The normalized spacial score (nSPS) is 19.8. The van der Waals surface area contributed by atoms with E-state index in [4.69, 9.17) is 22.1 Å². The molecule has 0 aromatic heterocycles. The average molecular weight is 268 g/mol. The molecule has 0 bridgehead atoms. The molecule has 3 heteroatoms. The Kier molecular flexibility index (Phi) is 4.18. The predicted octanol–water partition coefficient (Wildman–Crippen LogP) is 4.15. The maximum atomic E-state index is 6.13. The van der Waals surface area contributed by atoms with E-state index in [9.17, 15) is 0 Å². The minimum Gasteiger partial charge on any atom is -0.490 e. The fourth-order valence-electron chi connectivity index (χ4n) is 2.52. The van der Waals surface area contributed by atoms with Crippen molar-refractivity contribution in [3.63, 3.8) is 0 Å². The van der Waals surface area contributed by atoms with Gasteiger partial charge in [0.25, 0.3) is 0 Å². The van der Waals surface area contributed by atoms with Crippen molar-refractivity contribution >= 4 is 11.6 Å². The summed E-state index contributed by atoms with van der Waals surface area (Å²) in [6, 6.07) is 5.75. The van der Waals surface area contributed by atoms with Crippen molar-refractivity contribution in [2.24, 2.45) is 11.1 Å². The van der Waals surface area contributed by atoms with E-state index >= 15 is 0 Å². The lowest BCUT2D eigenvalue weighted by atomic mass is 9.76. The monoisotopic (exact) mass is 267 g/mol. The van der Waals surface area contributed by atoms with E-state index in [0.717, 1.165) is 24.2 Å².